The summed E-state index contributed by atoms with van der Waals surface area (Å²) in [5.41, 5.74) is 0.615. The van der Waals surface area contributed by atoms with Gasteiger partial charge in [0.25, 0.3) is 0 Å². The van der Waals surface area contributed by atoms with E-state index in [4.69, 9.17) is 4.74 Å². The van der Waals surface area contributed by atoms with E-state index in [0.717, 1.165) is 25.7 Å². The molecule has 0 aromatic carbocycles. The summed E-state index contributed by atoms with van der Waals surface area (Å²) in [5.74, 6) is 0.952. The Morgan fingerprint density at radius 3 is 2.80 bits per heavy atom. The molecule has 0 radical (unpaired) electrons. The van der Waals surface area contributed by atoms with Crippen molar-refractivity contribution in [2.75, 3.05) is 7.11 Å². The Hall–Kier alpha value is -1.32. The molecule has 1 aromatic rings. The fraction of sp³-hybridized carbons (Fsp3) is 0.636. The van der Waals surface area contributed by atoms with Crippen LogP contribution < -0.4 is 4.74 Å². The first-order valence-corrected chi connectivity index (χ1v) is 5.34. The van der Waals surface area contributed by atoms with Crippen molar-refractivity contribution in [3.05, 3.63) is 11.9 Å². The van der Waals surface area contributed by atoms with E-state index in [9.17, 15) is 4.79 Å². The van der Waals surface area contributed by atoms with Gasteiger partial charge >= 0.3 is 0 Å². The Morgan fingerprint density at radius 1 is 1.53 bits per heavy atom. The summed E-state index contributed by atoms with van der Waals surface area (Å²) < 4.78 is 6.75. The standard InChI is InChI=1S/C11H16N2O2/c1-13-10(9(15-2)7-12-13)11(14)8-5-3-4-6-8/h7-8H,3-6H2,1-2H3. The third-order valence-corrected chi connectivity index (χ3v) is 3.08. The number of ketones is 1. The van der Waals surface area contributed by atoms with Gasteiger partial charge in [-0.3, -0.25) is 9.48 Å². The molecule has 0 aliphatic heterocycles. The number of aryl methyl sites for hydroxylation is 1. The minimum absolute atomic E-state index is 0.175. The second kappa shape index (κ2) is 4.04. The minimum atomic E-state index is 0.175. The number of Topliss-reactive ketones (excluding diaryl/α,β-unsaturated/α-hetero) is 1. The summed E-state index contributed by atoms with van der Waals surface area (Å²) >= 11 is 0. The van der Waals surface area contributed by atoms with E-state index in [1.54, 1.807) is 25.0 Å². The van der Waals surface area contributed by atoms with Gasteiger partial charge in [-0.05, 0) is 12.8 Å². The van der Waals surface area contributed by atoms with Crippen LogP contribution in [0.5, 0.6) is 5.75 Å². The number of hydrogen-bond acceptors (Lipinski definition) is 3. The van der Waals surface area contributed by atoms with Gasteiger partial charge in [0.1, 0.15) is 5.69 Å². The highest BCUT2D eigenvalue weighted by atomic mass is 16.5. The molecule has 1 aliphatic rings. The number of hydrogen-bond donors (Lipinski definition) is 0. The molecule has 0 unspecified atom stereocenters. The highest BCUT2D eigenvalue weighted by Gasteiger charge is 2.28. The van der Waals surface area contributed by atoms with Crippen LogP contribution >= 0.6 is 0 Å². The van der Waals surface area contributed by atoms with Crippen molar-refractivity contribution >= 4 is 5.78 Å². The molecule has 1 aromatic heterocycles. The van der Waals surface area contributed by atoms with Crippen molar-refractivity contribution in [1.29, 1.82) is 0 Å². The zero-order valence-electron chi connectivity index (χ0n) is 9.19. The van der Waals surface area contributed by atoms with E-state index < -0.39 is 0 Å². The van der Waals surface area contributed by atoms with Gasteiger partial charge in [-0.15, -0.1) is 0 Å². The number of carbonyl (C=O) groups excluding carboxylic acids is 1. The summed E-state index contributed by atoms with van der Waals surface area (Å²) in [6, 6.07) is 0. The van der Waals surface area contributed by atoms with Crippen LogP contribution in [0.3, 0.4) is 0 Å². The number of ether oxygens (including phenoxy) is 1. The van der Waals surface area contributed by atoms with Gasteiger partial charge in [0.2, 0.25) is 0 Å². The Bertz CT molecular complexity index is 365. The van der Waals surface area contributed by atoms with Gasteiger partial charge in [-0.25, -0.2) is 0 Å². The Labute approximate surface area is 89.2 Å². The monoisotopic (exact) mass is 208 g/mol. The molecule has 1 heterocycles. The van der Waals surface area contributed by atoms with Gasteiger partial charge in [0, 0.05) is 13.0 Å². The van der Waals surface area contributed by atoms with Crippen LogP contribution in [-0.2, 0) is 7.05 Å². The molecule has 1 saturated carbocycles. The predicted molar refractivity (Wildman–Crippen MR) is 56.0 cm³/mol. The van der Waals surface area contributed by atoms with Gasteiger partial charge in [0.15, 0.2) is 11.5 Å². The molecule has 1 aliphatic carbocycles. The van der Waals surface area contributed by atoms with Crippen LogP contribution in [0.1, 0.15) is 36.2 Å². The second-order valence-corrected chi connectivity index (χ2v) is 4.03. The molecule has 0 bridgehead atoms. The van der Waals surface area contributed by atoms with Crippen molar-refractivity contribution < 1.29 is 9.53 Å². The lowest BCUT2D eigenvalue weighted by molar-refractivity contribution is 0.0910. The van der Waals surface area contributed by atoms with Crippen LogP contribution in [0, 0.1) is 5.92 Å². The largest absolute Gasteiger partial charge is 0.493 e. The quantitative estimate of drug-likeness (QED) is 0.711. The molecule has 15 heavy (non-hydrogen) atoms. The molecule has 0 atom stereocenters. The van der Waals surface area contributed by atoms with Crippen molar-refractivity contribution in [2.45, 2.75) is 25.7 Å². The third kappa shape index (κ3) is 1.76. The van der Waals surface area contributed by atoms with E-state index in [1.165, 1.54) is 0 Å². The van der Waals surface area contributed by atoms with E-state index in [0.29, 0.717) is 11.4 Å². The SMILES string of the molecule is COc1cnn(C)c1C(=O)C1CCCC1. The molecular weight excluding hydrogens is 192 g/mol. The summed E-state index contributed by atoms with van der Waals surface area (Å²) in [6.07, 6.45) is 5.94. The lowest BCUT2D eigenvalue weighted by Gasteiger charge is -2.09. The van der Waals surface area contributed by atoms with Crippen molar-refractivity contribution in [2.24, 2.45) is 13.0 Å². The number of nitrogens with zero attached hydrogens (tertiary/aromatic N) is 2. The maximum atomic E-state index is 12.2. The smallest absolute Gasteiger partial charge is 0.187 e. The van der Waals surface area contributed by atoms with Gasteiger partial charge in [-0.1, -0.05) is 12.8 Å². The van der Waals surface area contributed by atoms with Crippen LogP contribution in [0.4, 0.5) is 0 Å². The molecule has 1 fully saturated rings. The lowest BCUT2D eigenvalue weighted by Crippen LogP contribution is -2.16. The van der Waals surface area contributed by atoms with Gasteiger partial charge < -0.3 is 4.74 Å². The number of carbonyl (C=O) groups is 1. The summed E-state index contributed by atoms with van der Waals surface area (Å²) in [4.78, 5) is 12.2. The number of aromatic nitrogens is 2. The van der Waals surface area contributed by atoms with Crippen molar-refractivity contribution in [3.63, 3.8) is 0 Å². The molecule has 2 rings (SSSR count). The molecular formula is C11H16N2O2. The topological polar surface area (TPSA) is 44.1 Å². The van der Waals surface area contributed by atoms with Crippen LogP contribution in [0.15, 0.2) is 6.20 Å². The maximum Gasteiger partial charge on any atom is 0.187 e. The second-order valence-electron chi connectivity index (χ2n) is 4.03. The fourth-order valence-corrected chi connectivity index (χ4v) is 2.23. The summed E-state index contributed by atoms with van der Waals surface area (Å²) in [5, 5.41) is 4.05. The van der Waals surface area contributed by atoms with E-state index in [2.05, 4.69) is 5.10 Å². The Morgan fingerprint density at radius 2 is 2.20 bits per heavy atom. The average Bonchev–Trinajstić information content (AvgIpc) is 2.85. The fourth-order valence-electron chi connectivity index (χ4n) is 2.23. The highest BCUT2D eigenvalue weighted by Crippen LogP contribution is 2.30. The lowest BCUT2D eigenvalue weighted by atomic mass is 10.00. The first kappa shape index (κ1) is 10.2. The number of rotatable bonds is 3. The van der Waals surface area contributed by atoms with Crippen molar-refractivity contribution in [1.82, 2.24) is 9.78 Å². The van der Waals surface area contributed by atoms with E-state index in [1.807, 2.05) is 0 Å². The van der Waals surface area contributed by atoms with Crippen LogP contribution in [-0.4, -0.2) is 22.7 Å². The molecule has 82 valence electrons. The normalized spacial score (nSPS) is 16.9. The molecule has 0 amide bonds. The Balaban J connectivity index is 2.27. The first-order chi connectivity index (χ1) is 7.24. The first-order valence-electron chi connectivity index (χ1n) is 5.34. The molecule has 0 spiro atoms. The average molecular weight is 208 g/mol. The third-order valence-electron chi connectivity index (χ3n) is 3.08. The van der Waals surface area contributed by atoms with Crippen molar-refractivity contribution in [3.8, 4) is 5.75 Å². The molecule has 4 heteroatoms. The van der Waals surface area contributed by atoms with Crippen LogP contribution in [0.2, 0.25) is 0 Å². The van der Waals surface area contributed by atoms with Crippen LogP contribution in [0.25, 0.3) is 0 Å². The molecule has 4 nitrogen and oxygen atoms in total. The van der Waals surface area contributed by atoms with Gasteiger partial charge in [0.05, 0.1) is 13.3 Å². The summed E-state index contributed by atoms with van der Waals surface area (Å²) in [7, 11) is 3.35. The maximum absolute atomic E-state index is 12.2. The predicted octanol–water partition coefficient (Wildman–Crippen LogP) is 1.80. The zero-order chi connectivity index (χ0) is 10.8. The molecule has 0 saturated heterocycles. The number of methoxy groups -OCH3 is 1. The van der Waals surface area contributed by atoms with Gasteiger partial charge in [-0.2, -0.15) is 5.10 Å². The Kier molecular flexibility index (Phi) is 2.75. The van der Waals surface area contributed by atoms with E-state index >= 15 is 0 Å². The minimum Gasteiger partial charge on any atom is -0.493 e. The highest BCUT2D eigenvalue weighted by molar-refractivity contribution is 5.98. The summed E-state index contributed by atoms with van der Waals surface area (Å²) in [6.45, 7) is 0. The zero-order valence-corrected chi connectivity index (χ0v) is 9.19. The van der Waals surface area contributed by atoms with E-state index in [-0.39, 0.29) is 11.7 Å². The molecule has 0 N–H and O–H groups in total.